The van der Waals surface area contributed by atoms with E-state index in [4.69, 9.17) is 4.74 Å². The van der Waals surface area contributed by atoms with Gasteiger partial charge in [-0.3, -0.25) is 4.57 Å². The summed E-state index contributed by atoms with van der Waals surface area (Å²) in [5.41, 5.74) is -0.393. The highest BCUT2D eigenvalue weighted by Gasteiger charge is 2.32. The minimum absolute atomic E-state index is 0.288. The second kappa shape index (κ2) is 7.86. The minimum atomic E-state index is -0.418. The molecule has 126 valence electrons. The fraction of sp³-hybridized carbons (Fsp3) is 0.471. The number of hydrogen-bond donors (Lipinski definition) is 2. The third kappa shape index (κ3) is 4.99. The molecule has 0 saturated heterocycles. The molecule has 6 heteroatoms. The second-order valence-electron chi connectivity index (χ2n) is 6.11. The number of ether oxygens (including phenoxy) is 1. The number of β-amino-alcohol motifs (C(OH)–C–C–N with tert-alkyl or cyclic N) is 1. The third-order valence-electron chi connectivity index (χ3n) is 3.57. The molecule has 5 nitrogen and oxygen atoms in total. The number of rotatable bonds is 8. The Balaban J connectivity index is 2.20. The summed E-state index contributed by atoms with van der Waals surface area (Å²) in [5, 5.41) is 12.9. The van der Waals surface area contributed by atoms with Gasteiger partial charge in [0.1, 0.15) is 5.75 Å². The Hall–Kier alpha value is -1.50. The maximum atomic E-state index is 9.55. The Morgan fingerprint density at radius 1 is 1.35 bits per heavy atom. The van der Waals surface area contributed by atoms with Crippen molar-refractivity contribution in [2.24, 2.45) is 0 Å². The van der Waals surface area contributed by atoms with Crippen LogP contribution in [-0.4, -0.2) is 39.1 Å². The van der Waals surface area contributed by atoms with E-state index >= 15 is 0 Å². The van der Waals surface area contributed by atoms with Crippen LogP contribution in [0.15, 0.2) is 47.9 Å². The van der Waals surface area contributed by atoms with Crippen molar-refractivity contribution in [1.29, 1.82) is 0 Å². The second-order valence-corrected chi connectivity index (χ2v) is 6.99. The van der Waals surface area contributed by atoms with Crippen molar-refractivity contribution in [3.05, 3.63) is 43.0 Å². The molecule has 23 heavy (non-hydrogen) atoms. The molecule has 2 unspecified atom stereocenters. The normalized spacial score (nSPS) is 14.5. The lowest BCUT2D eigenvalue weighted by atomic mass is 10.0. The molecule has 1 aromatic heterocycles. The van der Waals surface area contributed by atoms with Gasteiger partial charge >= 0.3 is 0 Å². The van der Waals surface area contributed by atoms with E-state index in [0.29, 0.717) is 6.54 Å². The molecule has 0 radical (unpaired) electrons. The maximum Gasteiger partial charge on any atom is 0.194 e. The highest BCUT2D eigenvalue weighted by Crippen LogP contribution is 2.28. The molecule has 0 saturated carbocycles. The molecule has 0 aliphatic heterocycles. The van der Waals surface area contributed by atoms with Crippen LogP contribution in [0.1, 0.15) is 27.0 Å². The van der Waals surface area contributed by atoms with Gasteiger partial charge < -0.3 is 15.2 Å². The van der Waals surface area contributed by atoms with Gasteiger partial charge in [0, 0.05) is 23.8 Å². The molecule has 2 aromatic rings. The van der Waals surface area contributed by atoms with Crippen molar-refractivity contribution in [3.8, 4) is 5.75 Å². The number of benzene rings is 1. The monoisotopic (exact) mass is 335 g/mol. The van der Waals surface area contributed by atoms with Crippen LogP contribution in [0.4, 0.5) is 0 Å². The summed E-state index contributed by atoms with van der Waals surface area (Å²) in [4.78, 5) is 5.32. The lowest BCUT2D eigenvalue weighted by Crippen LogP contribution is -2.51. The van der Waals surface area contributed by atoms with Gasteiger partial charge in [0.15, 0.2) is 6.23 Å². The van der Waals surface area contributed by atoms with Gasteiger partial charge in [-0.1, -0.05) is 0 Å². The molecule has 0 spiro atoms. The van der Waals surface area contributed by atoms with Gasteiger partial charge in [0.2, 0.25) is 0 Å². The molecule has 2 rings (SSSR count). The average molecular weight is 335 g/mol. The van der Waals surface area contributed by atoms with Gasteiger partial charge in [-0.2, -0.15) is 0 Å². The molecule has 0 aliphatic carbocycles. The van der Waals surface area contributed by atoms with Crippen molar-refractivity contribution < 1.29 is 9.84 Å². The van der Waals surface area contributed by atoms with Crippen LogP contribution < -0.4 is 10.1 Å². The van der Waals surface area contributed by atoms with Gasteiger partial charge in [-0.05, 0) is 51.3 Å². The number of aliphatic hydroxyl groups is 1. The molecule has 1 heterocycles. The van der Waals surface area contributed by atoms with E-state index in [0.717, 1.165) is 5.75 Å². The Bertz CT molecular complexity index is 582. The van der Waals surface area contributed by atoms with E-state index in [-0.39, 0.29) is 6.23 Å². The number of nitrogens with zero attached hydrogens (tertiary/aromatic N) is 2. The first kappa shape index (κ1) is 17.8. The Morgan fingerprint density at radius 2 is 2.04 bits per heavy atom. The van der Waals surface area contributed by atoms with Gasteiger partial charge in [0.25, 0.3) is 0 Å². The molecular weight excluding hydrogens is 310 g/mol. The number of nitrogens with one attached hydrogen (secondary N) is 1. The smallest absolute Gasteiger partial charge is 0.194 e. The van der Waals surface area contributed by atoms with E-state index in [9.17, 15) is 5.11 Å². The number of aliphatic hydroxyl groups excluding tert-OH is 1. The van der Waals surface area contributed by atoms with Gasteiger partial charge in [-0.15, -0.1) is 11.8 Å². The van der Waals surface area contributed by atoms with Gasteiger partial charge in [-0.25, -0.2) is 4.98 Å². The Labute approximate surface area is 142 Å². The molecule has 0 amide bonds. The van der Waals surface area contributed by atoms with E-state index in [1.807, 2.05) is 41.3 Å². The molecule has 0 bridgehead atoms. The van der Waals surface area contributed by atoms with Crippen LogP contribution in [0.2, 0.25) is 0 Å². The highest BCUT2D eigenvalue weighted by atomic mass is 32.2. The van der Waals surface area contributed by atoms with Crippen molar-refractivity contribution in [3.63, 3.8) is 0 Å². The first-order chi connectivity index (χ1) is 10.9. The van der Waals surface area contributed by atoms with Crippen LogP contribution in [0.3, 0.4) is 0 Å². The molecule has 2 atom stereocenters. The summed E-state index contributed by atoms with van der Waals surface area (Å²) >= 11 is 1.70. The largest absolute Gasteiger partial charge is 0.468 e. The minimum Gasteiger partial charge on any atom is -0.468 e. The summed E-state index contributed by atoms with van der Waals surface area (Å²) in [7, 11) is 0. The molecule has 0 aliphatic rings. The SMILES string of the molecule is CSc1ccc(OC(n2ccnc2)C(C)(C)NCC(C)O)cc1. The Kier molecular flexibility index (Phi) is 6.10. The van der Waals surface area contributed by atoms with Crippen LogP contribution in [-0.2, 0) is 0 Å². The predicted molar refractivity (Wildman–Crippen MR) is 93.9 cm³/mol. The predicted octanol–water partition coefficient (Wildman–Crippen LogP) is 2.93. The fourth-order valence-corrected chi connectivity index (χ4v) is 2.68. The van der Waals surface area contributed by atoms with Crippen molar-refractivity contribution in [1.82, 2.24) is 14.9 Å². The van der Waals surface area contributed by atoms with Crippen molar-refractivity contribution in [2.75, 3.05) is 12.8 Å². The number of thioether (sulfide) groups is 1. The van der Waals surface area contributed by atoms with Crippen molar-refractivity contribution in [2.45, 2.75) is 43.5 Å². The summed E-state index contributed by atoms with van der Waals surface area (Å²) in [6, 6.07) is 8.03. The maximum absolute atomic E-state index is 9.55. The lowest BCUT2D eigenvalue weighted by molar-refractivity contribution is 0.0350. The summed E-state index contributed by atoms with van der Waals surface area (Å²) in [6.07, 6.45) is 6.70. The average Bonchev–Trinajstić information content (AvgIpc) is 3.05. The quantitative estimate of drug-likeness (QED) is 0.727. The first-order valence-corrected chi connectivity index (χ1v) is 8.86. The molecule has 1 aromatic carbocycles. The number of hydrogen-bond acceptors (Lipinski definition) is 5. The number of aromatic nitrogens is 2. The zero-order valence-corrected chi connectivity index (χ0v) is 14.9. The zero-order valence-electron chi connectivity index (χ0n) is 14.1. The standard InChI is InChI=1S/C17H25N3O2S/c1-13(21)11-19-17(2,3)16(20-10-9-18-12-20)22-14-5-7-15(23-4)8-6-14/h5-10,12-13,16,19,21H,11H2,1-4H3. The van der Waals surface area contributed by atoms with E-state index in [2.05, 4.69) is 24.1 Å². The number of imidazole rings is 1. The van der Waals surface area contributed by atoms with Crippen LogP contribution in [0.5, 0.6) is 5.75 Å². The first-order valence-electron chi connectivity index (χ1n) is 7.63. The lowest BCUT2D eigenvalue weighted by Gasteiger charge is -2.36. The van der Waals surface area contributed by atoms with E-state index < -0.39 is 11.6 Å². The molecular formula is C17H25N3O2S. The topological polar surface area (TPSA) is 59.3 Å². The van der Waals surface area contributed by atoms with Crippen LogP contribution >= 0.6 is 11.8 Å². The summed E-state index contributed by atoms with van der Waals surface area (Å²) in [5.74, 6) is 0.799. The van der Waals surface area contributed by atoms with E-state index in [1.165, 1.54) is 4.90 Å². The molecule has 2 N–H and O–H groups in total. The van der Waals surface area contributed by atoms with Crippen LogP contribution in [0, 0.1) is 0 Å². The zero-order chi connectivity index (χ0) is 16.9. The Morgan fingerprint density at radius 3 is 2.57 bits per heavy atom. The molecule has 0 fully saturated rings. The highest BCUT2D eigenvalue weighted by molar-refractivity contribution is 7.98. The third-order valence-corrected chi connectivity index (χ3v) is 4.32. The van der Waals surface area contributed by atoms with Crippen LogP contribution in [0.25, 0.3) is 0 Å². The van der Waals surface area contributed by atoms with Crippen molar-refractivity contribution >= 4 is 11.8 Å². The summed E-state index contributed by atoms with van der Waals surface area (Å²) < 4.78 is 8.15. The fourth-order valence-electron chi connectivity index (χ4n) is 2.27. The van der Waals surface area contributed by atoms with E-state index in [1.54, 1.807) is 31.2 Å². The van der Waals surface area contributed by atoms with Gasteiger partial charge in [0.05, 0.1) is 18.0 Å². The summed E-state index contributed by atoms with van der Waals surface area (Å²) in [6.45, 7) is 6.36.